The van der Waals surface area contributed by atoms with Crippen molar-refractivity contribution in [3.63, 3.8) is 0 Å². The Kier molecular flexibility index (Phi) is 5.25. The van der Waals surface area contributed by atoms with Crippen LogP contribution in [0.25, 0.3) is 21.3 Å². The van der Waals surface area contributed by atoms with Gasteiger partial charge in [0.1, 0.15) is 10.6 Å². The van der Waals surface area contributed by atoms with E-state index in [-0.39, 0.29) is 11.7 Å². The highest BCUT2D eigenvalue weighted by Crippen LogP contribution is 2.36. The van der Waals surface area contributed by atoms with Crippen LogP contribution in [-0.4, -0.2) is 17.5 Å². The number of carbonyl (C=O) groups excluding carboxylic acids is 1. The van der Waals surface area contributed by atoms with Crippen LogP contribution in [0.4, 0.5) is 13.9 Å². The summed E-state index contributed by atoms with van der Waals surface area (Å²) in [6.07, 6.45) is 0. The van der Waals surface area contributed by atoms with Crippen molar-refractivity contribution in [3.8, 4) is 17.0 Å². The molecule has 0 unspecified atom stereocenters. The van der Waals surface area contributed by atoms with Gasteiger partial charge in [-0.25, -0.2) is 4.98 Å². The van der Waals surface area contributed by atoms with E-state index in [2.05, 4.69) is 15.0 Å². The number of benzene rings is 2. The van der Waals surface area contributed by atoms with Crippen LogP contribution in [0.2, 0.25) is 5.02 Å². The average molecular weight is 437 g/mol. The summed E-state index contributed by atoms with van der Waals surface area (Å²) in [4.78, 5) is 17.3. The lowest BCUT2D eigenvalue weighted by atomic mass is 10.1. The fourth-order valence-corrected chi connectivity index (χ4v) is 4.76. The molecule has 0 aliphatic rings. The molecule has 28 heavy (non-hydrogen) atoms. The zero-order valence-corrected chi connectivity index (χ0v) is 16.4. The Bertz CT molecular complexity index is 1160. The van der Waals surface area contributed by atoms with Gasteiger partial charge in [-0.05, 0) is 18.2 Å². The van der Waals surface area contributed by atoms with Crippen LogP contribution >= 0.6 is 34.3 Å². The van der Waals surface area contributed by atoms with Crippen molar-refractivity contribution in [3.05, 3.63) is 63.8 Å². The smallest absolute Gasteiger partial charge is 0.387 e. The zero-order chi connectivity index (χ0) is 19.7. The van der Waals surface area contributed by atoms with E-state index in [0.29, 0.717) is 26.3 Å². The molecule has 0 bridgehead atoms. The van der Waals surface area contributed by atoms with Crippen LogP contribution in [0.5, 0.6) is 5.75 Å². The Hall–Kier alpha value is -2.55. The minimum atomic E-state index is -2.94. The van der Waals surface area contributed by atoms with Gasteiger partial charge in [-0.3, -0.25) is 10.1 Å². The molecule has 1 N–H and O–H groups in total. The number of ether oxygens (including phenoxy) is 1. The van der Waals surface area contributed by atoms with Crippen molar-refractivity contribution in [1.82, 2.24) is 4.98 Å². The summed E-state index contributed by atoms with van der Waals surface area (Å²) in [6.45, 7) is -2.94. The van der Waals surface area contributed by atoms with Crippen LogP contribution < -0.4 is 10.1 Å². The number of aromatic nitrogens is 1. The number of thiazole rings is 1. The normalized spacial score (nSPS) is 11.1. The van der Waals surface area contributed by atoms with Gasteiger partial charge in [0.25, 0.3) is 5.91 Å². The number of anilines is 1. The number of fused-ring (bicyclic) bond motifs is 1. The topological polar surface area (TPSA) is 51.2 Å². The standard InChI is InChI=1S/C19H11ClF2N2O2S2/c20-15-11-6-2-4-8-14(11)28-16(15)17(25)24-19-23-12(9-27-19)10-5-1-3-7-13(10)26-18(21)22/h1-9,18H,(H,23,24,25). The molecule has 0 saturated heterocycles. The number of hydrogen-bond acceptors (Lipinski definition) is 5. The Balaban J connectivity index is 1.58. The zero-order valence-electron chi connectivity index (χ0n) is 14.0. The summed E-state index contributed by atoms with van der Waals surface area (Å²) < 4.78 is 30.6. The third-order valence-electron chi connectivity index (χ3n) is 3.84. The third kappa shape index (κ3) is 3.71. The Labute approximate surface area is 171 Å². The van der Waals surface area contributed by atoms with Crippen LogP contribution in [-0.2, 0) is 0 Å². The summed E-state index contributed by atoms with van der Waals surface area (Å²) in [5.41, 5.74) is 0.846. The maximum absolute atomic E-state index is 12.6. The van der Waals surface area contributed by atoms with E-state index in [9.17, 15) is 13.6 Å². The molecule has 0 saturated carbocycles. The second-order valence-corrected chi connectivity index (χ2v) is 7.90. The Morgan fingerprint density at radius 3 is 2.68 bits per heavy atom. The summed E-state index contributed by atoms with van der Waals surface area (Å²) in [7, 11) is 0. The minimum Gasteiger partial charge on any atom is -0.434 e. The molecule has 1 amide bonds. The average Bonchev–Trinajstić information content (AvgIpc) is 3.27. The fourth-order valence-electron chi connectivity index (χ4n) is 2.65. The number of para-hydroxylation sites is 1. The largest absolute Gasteiger partial charge is 0.434 e. The van der Waals surface area contributed by atoms with Gasteiger partial charge in [0.2, 0.25) is 0 Å². The lowest BCUT2D eigenvalue weighted by Crippen LogP contribution is -2.10. The highest BCUT2D eigenvalue weighted by atomic mass is 35.5. The lowest BCUT2D eigenvalue weighted by Gasteiger charge is -2.08. The number of nitrogens with one attached hydrogen (secondary N) is 1. The van der Waals surface area contributed by atoms with Crippen molar-refractivity contribution in [1.29, 1.82) is 0 Å². The van der Waals surface area contributed by atoms with Gasteiger partial charge in [-0.2, -0.15) is 8.78 Å². The van der Waals surface area contributed by atoms with Gasteiger partial charge in [0, 0.05) is 21.0 Å². The first-order valence-corrected chi connectivity index (χ1v) is 10.1. The second kappa shape index (κ2) is 7.83. The number of rotatable bonds is 5. The van der Waals surface area contributed by atoms with E-state index >= 15 is 0 Å². The van der Waals surface area contributed by atoms with E-state index in [1.165, 1.54) is 28.7 Å². The minimum absolute atomic E-state index is 0.0215. The van der Waals surface area contributed by atoms with Crippen molar-refractivity contribution in [2.45, 2.75) is 6.61 Å². The van der Waals surface area contributed by atoms with Gasteiger partial charge >= 0.3 is 6.61 Å². The number of hydrogen-bond donors (Lipinski definition) is 1. The number of thiophene rings is 1. The fraction of sp³-hybridized carbons (Fsp3) is 0.0526. The third-order valence-corrected chi connectivity index (χ3v) is 6.28. The molecule has 142 valence electrons. The molecular weight excluding hydrogens is 426 g/mol. The van der Waals surface area contributed by atoms with Crippen molar-refractivity contribution in [2.75, 3.05) is 5.32 Å². The van der Waals surface area contributed by atoms with Crippen LogP contribution in [0, 0.1) is 0 Å². The van der Waals surface area contributed by atoms with Gasteiger partial charge in [0.05, 0.1) is 10.7 Å². The number of nitrogens with zero attached hydrogens (tertiary/aromatic N) is 1. The summed E-state index contributed by atoms with van der Waals surface area (Å²) in [5, 5.41) is 5.92. The number of alkyl halides is 2. The first-order valence-electron chi connectivity index (χ1n) is 8.01. The molecule has 2 aromatic heterocycles. The predicted octanol–water partition coefficient (Wildman–Crippen LogP) is 6.53. The maximum atomic E-state index is 12.6. The van der Waals surface area contributed by atoms with Crippen molar-refractivity contribution < 1.29 is 18.3 Å². The van der Waals surface area contributed by atoms with Gasteiger partial charge in [-0.15, -0.1) is 22.7 Å². The van der Waals surface area contributed by atoms with E-state index in [4.69, 9.17) is 11.6 Å². The molecule has 0 aliphatic heterocycles. The van der Waals surface area contributed by atoms with Gasteiger partial charge in [0.15, 0.2) is 5.13 Å². The van der Waals surface area contributed by atoms with E-state index in [1.54, 1.807) is 23.6 Å². The number of amides is 1. The molecule has 2 aromatic carbocycles. The van der Waals surface area contributed by atoms with Crippen molar-refractivity contribution in [2.24, 2.45) is 0 Å². The molecule has 4 rings (SSSR count). The first-order chi connectivity index (χ1) is 13.5. The Morgan fingerprint density at radius 1 is 1.14 bits per heavy atom. The molecule has 0 atom stereocenters. The molecule has 0 spiro atoms. The summed E-state index contributed by atoms with van der Waals surface area (Å²) in [6, 6.07) is 13.8. The molecular formula is C19H11ClF2N2O2S2. The number of carbonyl (C=O) groups is 1. The highest BCUT2D eigenvalue weighted by Gasteiger charge is 2.19. The van der Waals surface area contributed by atoms with E-state index in [1.807, 2.05) is 24.3 Å². The molecule has 4 nitrogen and oxygen atoms in total. The van der Waals surface area contributed by atoms with Crippen molar-refractivity contribution >= 4 is 55.4 Å². The number of halogens is 3. The molecule has 4 aromatic rings. The first kappa shape index (κ1) is 18.8. The van der Waals surface area contributed by atoms with E-state index < -0.39 is 6.61 Å². The summed E-state index contributed by atoms with van der Waals surface area (Å²) in [5.74, 6) is -0.350. The summed E-state index contributed by atoms with van der Waals surface area (Å²) >= 11 is 8.81. The van der Waals surface area contributed by atoms with Gasteiger partial charge in [-0.1, -0.05) is 41.9 Å². The molecule has 0 radical (unpaired) electrons. The predicted molar refractivity (Wildman–Crippen MR) is 109 cm³/mol. The van der Waals surface area contributed by atoms with Crippen LogP contribution in [0.15, 0.2) is 53.9 Å². The second-order valence-electron chi connectivity index (χ2n) is 5.61. The maximum Gasteiger partial charge on any atom is 0.387 e. The molecule has 2 heterocycles. The molecule has 0 aliphatic carbocycles. The quantitative estimate of drug-likeness (QED) is 0.387. The van der Waals surface area contributed by atoms with Gasteiger partial charge < -0.3 is 4.74 Å². The SMILES string of the molecule is O=C(Nc1nc(-c2ccccc2OC(F)F)cs1)c1sc2ccccc2c1Cl. The Morgan fingerprint density at radius 2 is 1.89 bits per heavy atom. The molecule has 0 fully saturated rings. The monoisotopic (exact) mass is 436 g/mol. The molecule has 9 heteroatoms. The lowest BCUT2D eigenvalue weighted by molar-refractivity contribution is -0.0494. The van der Waals surface area contributed by atoms with Crippen LogP contribution in [0.3, 0.4) is 0 Å². The van der Waals surface area contributed by atoms with Crippen LogP contribution in [0.1, 0.15) is 9.67 Å². The van der Waals surface area contributed by atoms with E-state index in [0.717, 1.165) is 10.1 Å². The highest BCUT2D eigenvalue weighted by molar-refractivity contribution is 7.21.